The van der Waals surface area contributed by atoms with E-state index in [0.29, 0.717) is 4.88 Å². The molecule has 0 saturated heterocycles. The van der Waals surface area contributed by atoms with E-state index < -0.39 is 12.1 Å². The number of carbonyl (C=O) groups is 1. The minimum absolute atomic E-state index is 0.0601. The van der Waals surface area contributed by atoms with E-state index in [1.807, 2.05) is 5.38 Å². The lowest BCUT2D eigenvalue weighted by Crippen LogP contribution is -2.10. The largest absolute Gasteiger partial charge is 0.466 e. The maximum Gasteiger partial charge on any atom is 0.336 e. The first-order valence-electron chi connectivity index (χ1n) is 3.65. The number of esters is 1. The van der Waals surface area contributed by atoms with Gasteiger partial charge in [0.2, 0.25) is 0 Å². The number of thiophene rings is 1. The van der Waals surface area contributed by atoms with E-state index >= 15 is 0 Å². The van der Waals surface area contributed by atoms with Gasteiger partial charge in [0.15, 0.2) is 0 Å². The van der Waals surface area contributed by atoms with Crippen LogP contribution >= 0.6 is 11.3 Å². The van der Waals surface area contributed by atoms with Crippen molar-refractivity contribution < 1.29 is 14.6 Å². The molecule has 0 saturated carbocycles. The average molecular weight is 198 g/mol. The van der Waals surface area contributed by atoms with Gasteiger partial charge >= 0.3 is 5.97 Å². The van der Waals surface area contributed by atoms with Crippen LogP contribution in [-0.2, 0) is 9.53 Å². The van der Waals surface area contributed by atoms with Gasteiger partial charge in [-0.1, -0.05) is 12.6 Å². The molecule has 0 unspecified atom stereocenters. The van der Waals surface area contributed by atoms with E-state index in [0.717, 1.165) is 0 Å². The number of methoxy groups -OCH3 is 1. The fraction of sp³-hybridized carbons (Fsp3) is 0.222. The van der Waals surface area contributed by atoms with Gasteiger partial charge in [0.05, 0.1) is 12.7 Å². The number of ether oxygens (including phenoxy) is 1. The van der Waals surface area contributed by atoms with Gasteiger partial charge in [-0.3, -0.25) is 0 Å². The molecule has 0 bridgehead atoms. The summed E-state index contributed by atoms with van der Waals surface area (Å²) in [6.07, 6.45) is -0.951. The van der Waals surface area contributed by atoms with Crippen molar-refractivity contribution in [1.29, 1.82) is 0 Å². The van der Waals surface area contributed by atoms with E-state index in [1.165, 1.54) is 18.4 Å². The van der Waals surface area contributed by atoms with E-state index in [1.54, 1.807) is 12.1 Å². The van der Waals surface area contributed by atoms with Crippen LogP contribution in [0.1, 0.15) is 11.0 Å². The molecule has 1 aromatic rings. The van der Waals surface area contributed by atoms with Crippen LogP contribution in [0.4, 0.5) is 0 Å². The van der Waals surface area contributed by atoms with Gasteiger partial charge in [-0.2, -0.15) is 0 Å². The van der Waals surface area contributed by atoms with E-state index in [4.69, 9.17) is 0 Å². The molecule has 1 rings (SSSR count). The SMILES string of the molecule is C=C(C(=O)OC)[C@@H](O)c1cccs1. The summed E-state index contributed by atoms with van der Waals surface area (Å²) in [5.74, 6) is -0.582. The first kappa shape index (κ1) is 9.95. The minimum Gasteiger partial charge on any atom is -0.466 e. The van der Waals surface area contributed by atoms with Crippen molar-refractivity contribution in [3.63, 3.8) is 0 Å². The quantitative estimate of drug-likeness (QED) is 0.591. The predicted octanol–water partition coefficient (Wildman–Crippen LogP) is 1.51. The summed E-state index contributed by atoms with van der Waals surface area (Å²) in [6, 6.07) is 3.54. The highest BCUT2D eigenvalue weighted by Crippen LogP contribution is 2.24. The van der Waals surface area contributed by atoms with Crippen LogP contribution in [0.5, 0.6) is 0 Å². The van der Waals surface area contributed by atoms with Crippen LogP contribution in [0, 0.1) is 0 Å². The predicted molar refractivity (Wildman–Crippen MR) is 50.4 cm³/mol. The lowest BCUT2D eigenvalue weighted by atomic mass is 10.1. The zero-order chi connectivity index (χ0) is 9.84. The number of rotatable bonds is 3. The summed E-state index contributed by atoms with van der Waals surface area (Å²) in [7, 11) is 1.26. The zero-order valence-electron chi connectivity index (χ0n) is 7.19. The van der Waals surface area contributed by atoms with Crippen LogP contribution in [0.25, 0.3) is 0 Å². The third kappa shape index (κ3) is 2.17. The second kappa shape index (κ2) is 4.20. The molecule has 3 nitrogen and oxygen atoms in total. The van der Waals surface area contributed by atoms with Crippen molar-refractivity contribution in [3.8, 4) is 0 Å². The highest BCUT2D eigenvalue weighted by Gasteiger charge is 2.19. The topological polar surface area (TPSA) is 46.5 Å². The first-order valence-corrected chi connectivity index (χ1v) is 4.53. The van der Waals surface area contributed by atoms with Crippen molar-refractivity contribution in [3.05, 3.63) is 34.5 Å². The molecule has 0 amide bonds. The number of aliphatic hydroxyl groups excluding tert-OH is 1. The molecule has 4 heteroatoms. The maximum absolute atomic E-state index is 11.0. The zero-order valence-corrected chi connectivity index (χ0v) is 8.00. The van der Waals surface area contributed by atoms with E-state index in [-0.39, 0.29) is 5.57 Å². The summed E-state index contributed by atoms with van der Waals surface area (Å²) in [5, 5.41) is 11.4. The van der Waals surface area contributed by atoms with Crippen molar-refractivity contribution in [2.75, 3.05) is 7.11 Å². The second-order valence-corrected chi connectivity index (χ2v) is 3.41. The molecule has 70 valence electrons. The summed E-state index contributed by atoms with van der Waals surface area (Å²) < 4.78 is 4.44. The fourth-order valence-corrected chi connectivity index (χ4v) is 1.60. The molecule has 0 radical (unpaired) electrons. The molecule has 13 heavy (non-hydrogen) atoms. The van der Waals surface area contributed by atoms with Gasteiger partial charge in [-0.25, -0.2) is 4.79 Å². The lowest BCUT2D eigenvalue weighted by Gasteiger charge is -2.09. The molecular weight excluding hydrogens is 188 g/mol. The van der Waals surface area contributed by atoms with Gasteiger partial charge in [0, 0.05) is 4.88 Å². The molecular formula is C9H10O3S. The molecule has 1 N–H and O–H groups in total. The second-order valence-electron chi connectivity index (χ2n) is 2.43. The Balaban J connectivity index is 2.74. The van der Waals surface area contributed by atoms with Crippen LogP contribution in [0.2, 0.25) is 0 Å². The van der Waals surface area contributed by atoms with E-state index in [9.17, 15) is 9.90 Å². The first-order chi connectivity index (χ1) is 6.16. The molecule has 0 aliphatic carbocycles. The highest BCUT2D eigenvalue weighted by atomic mass is 32.1. The van der Waals surface area contributed by atoms with Gasteiger partial charge in [-0.15, -0.1) is 11.3 Å². The lowest BCUT2D eigenvalue weighted by molar-refractivity contribution is -0.137. The molecule has 0 aromatic carbocycles. The fourth-order valence-electron chi connectivity index (χ4n) is 0.861. The van der Waals surface area contributed by atoms with Crippen LogP contribution in [0.15, 0.2) is 29.7 Å². The normalized spacial score (nSPS) is 12.2. The summed E-state index contributed by atoms with van der Waals surface area (Å²) >= 11 is 1.37. The Bertz CT molecular complexity index is 303. The molecule has 1 heterocycles. The summed E-state index contributed by atoms with van der Waals surface area (Å²) in [6.45, 7) is 3.46. The van der Waals surface area contributed by atoms with Gasteiger partial charge < -0.3 is 9.84 Å². The Labute approximate surface area is 80.3 Å². The minimum atomic E-state index is -0.951. The number of hydrogen-bond acceptors (Lipinski definition) is 4. The monoisotopic (exact) mass is 198 g/mol. The number of aliphatic hydroxyl groups is 1. The number of hydrogen-bond donors (Lipinski definition) is 1. The Morgan fingerprint density at radius 2 is 2.46 bits per heavy atom. The van der Waals surface area contributed by atoms with Crippen molar-refractivity contribution in [1.82, 2.24) is 0 Å². The third-order valence-corrected chi connectivity index (χ3v) is 2.52. The van der Waals surface area contributed by atoms with Gasteiger partial charge in [0.25, 0.3) is 0 Å². The van der Waals surface area contributed by atoms with Gasteiger partial charge in [0.1, 0.15) is 6.10 Å². The third-order valence-electron chi connectivity index (χ3n) is 1.59. The molecule has 0 aliphatic rings. The molecule has 1 atom stereocenters. The Hall–Kier alpha value is -1.13. The molecule has 0 spiro atoms. The number of carbonyl (C=O) groups excluding carboxylic acids is 1. The Morgan fingerprint density at radius 3 is 2.92 bits per heavy atom. The van der Waals surface area contributed by atoms with Crippen LogP contribution < -0.4 is 0 Å². The summed E-state index contributed by atoms with van der Waals surface area (Å²) in [5.41, 5.74) is 0.0601. The average Bonchev–Trinajstić information content (AvgIpc) is 2.67. The maximum atomic E-state index is 11.0. The van der Waals surface area contributed by atoms with Crippen molar-refractivity contribution in [2.24, 2.45) is 0 Å². The Morgan fingerprint density at radius 1 is 1.77 bits per heavy atom. The van der Waals surface area contributed by atoms with Crippen LogP contribution in [0.3, 0.4) is 0 Å². The van der Waals surface area contributed by atoms with Crippen molar-refractivity contribution >= 4 is 17.3 Å². The smallest absolute Gasteiger partial charge is 0.336 e. The van der Waals surface area contributed by atoms with E-state index in [2.05, 4.69) is 11.3 Å². The molecule has 0 fully saturated rings. The standard InChI is InChI=1S/C9H10O3S/c1-6(9(11)12-2)8(10)7-4-3-5-13-7/h3-5,8,10H,1H2,2H3/t8-/m1/s1. The molecule has 1 aromatic heterocycles. The Kier molecular flexibility index (Phi) is 3.22. The van der Waals surface area contributed by atoms with Crippen molar-refractivity contribution in [2.45, 2.75) is 6.10 Å². The molecule has 0 aliphatic heterocycles. The van der Waals surface area contributed by atoms with Crippen LogP contribution in [-0.4, -0.2) is 18.2 Å². The summed E-state index contributed by atoms with van der Waals surface area (Å²) in [4.78, 5) is 11.7. The highest BCUT2D eigenvalue weighted by molar-refractivity contribution is 7.10. The van der Waals surface area contributed by atoms with Gasteiger partial charge in [-0.05, 0) is 11.4 Å².